The molecule has 0 N–H and O–H groups in total. The zero-order chi connectivity index (χ0) is 30.0. The SMILES string of the molecule is COc1cc(C)c(N(c2cccc(N(c3ccc(C)cc3)c3ccc(C)cc3)c2)c2c(C)cc(OC)cc2C)c(C)c1. The summed E-state index contributed by atoms with van der Waals surface area (Å²) in [5.74, 6) is 1.71. The quantitative estimate of drug-likeness (QED) is 0.190. The van der Waals surface area contributed by atoms with E-state index in [1.807, 2.05) is 0 Å². The number of anilines is 6. The van der Waals surface area contributed by atoms with Crippen LogP contribution in [0.25, 0.3) is 0 Å². The predicted octanol–water partition coefficient (Wildman–Crippen LogP) is 10.5. The van der Waals surface area contributed by atoms with Gasteiger partial charge in [0.25, 0.3) is 0 Å². The van der Waals surface area contributed by atoms with Crippen LogP contribution in [-0.4, -0.2) is 14.2 Å². The Bertz CT molecular complexity index is 1550. The van der Waals surface area contributed by atoms with E-state index in [-0.39, 0.29) is 0 Å². The summed E-state index contributed by atoms with van der Waals surface area (Å²) in [5.41, 5.74) is 13.7. The van der Waals surface area contributed by atoms with Crippen LogP contribution >= 0.6 is 0 Å². The van der Waals surface area contributed by atoms with E-state index in [1.54, 1.807) is 14.2 Å². The van der Waals surface area contributed by atoms with Crippen molar-refractivity contribution in [3.63, 3.8) is 0 Å². The van der Waals surface area contributed by atoms with Crippen molar-refractivity contribution in [1.29, 1.82) is 0 Å². The molecule has 214 valence electrons. The predicted molar refractivity (Wildman–Crippen MR) is 177 cm³/mol. The first-order chi connectivity index (χ1) is 20.2. The number of aryl methyl sites for hydroxylation is 6. The Labute approximate surface area is 250 Å². The van der Waals surface area contributed by atoms with Crippen LogP contribution in [0.5, 0.6) is 11.5 Å². The number of ether oxygens (including phenoxy) is 2. The molecule has 0 atom stereocenters. The third-order valence-electron chi connectivity index (χ3n) is 7.78. The van der Waals surface area contributed by atoms with E-state index in [0.717, 1.165) is 67.9 Å². The van der Waals surface area contributed by atoms with E-state index in [4.69, 9.17) is 9.47 Å². The number of hydrogen-bond acceptors (Lipinski definition) is 4. The molecule has 0 fully saturated rings. The fraction of sp³-hybridized carbons (Fsp3) is 0.211. The number of hydrogen-bond donors (Lipinski definition) is 0. The normalized spacial score (nSPS) is 10.9. The molecule has 0 aliphatic heterocycles. The highest BCUT2D eigenvalue weighted by Crippen LogP contribution is 2.46. The van der Waals surface area contributed by atoms with Gasteiger partial charge in [0.1, 0.15) is 11.5 Å². The lowest BCUT2D eigenvalue weighted by molar-refractivity contribution is 0.414. The summed E-state index contributed by atoms with van der Waals surface area (Å²) < 4.78 is 11.2. The van der Waals surface area contributed by atoms with Crippen molar-refractivity contribution >= 4 is 34.1 Å². The second kappa shape index (κ2) is 12.0. The Hall–Kier alpha value is -4.70. The minimum Gasteiger partial charge on any atom is -0.497 e. The summed E-state index contributed by atoms with van der Waals surface area (Å²) >= 11 is 0. The van der Waals surface area contributed by atoms with Crippen molar-refractivity contribution in [3.8, 4) is 11.5 Å². The fourth-order valence-electron chi connectivity index (χ4n) is 5.75. The van der Waals surface area contributed by atoms with Crippen LogP contribution < -0.4 is 19.3 Å². The second-order valence-corrected chi connectivity index (χ2v) is 11.1. The summed E-state index contributed by atoms with van der Waals surface area (Å²) in [6, 6.07) is 34.7. The summed E-state index contributed by atoms with van der Waals surface area (Å²) in [5, 5.41) is 0. The molecule has 4 heteroatoms. The van der Waals surface area contributed by atoms with Crippen LogP contribution in [0.15, 0.2) is 97.1 Å². The van der Waals surface area contributed by atoms with E-state index in [0.29, 0.717) is 0 Å². The lowest BCUT2D eigenvalue weighted by atomic mass is 10.0. The van der Waals surface area contributed by atoms with Gasteiger partial charge in [-0.1, -0.05) is 41.5 Å². The van der Waals surface area contributed by atoms with Gasteiger partial charge in [-0.15, -0.1) is 0 Å². The van der Waals surface area contributed by atoms with Crippen molar-refractivity contribution in [2.24, 2.45) is 0 Å². The minimum absolute atomic E-state index is 0.857. The lowest BCUT2D eigenvalue weighted by Crippen LogP contribution is -2.17. The van der Waals surface area contributed by atoms with Gasteiger partial charge >= 0.3 is 0 Å². The first kappa shape index (κ1) is 28.8. The molecule has 5 aromatic carbocycles. The highest BCUT2D eigenvalue weighted by Gasteiger charge is 2.23. The topological polar surface area (TPSA) is 24.9 Å². The van der Waals surface area contributed by atoms with E-state index < -0.39 is 0 Å². The van der Waals surface area contributed by atoms with Crippen LogP contribution in [-0.2, 0) is 0 Å². The van der Waals surface area contributed by atoms with Crippen molar-refractivity contribution in [3.05, 3.63) is 130 Å². The third-order valence-corrected chi connectivity index (χ3v) is 7.78. The largest absolute Gasteiger partial charge is 0.497 e. The van der Waals surface area contributed by atoms with E-state index >= 15 is 0 Å². The third kappa shape index (κ3) is 5.71. The molecule has 5 aromatic rings. The molecule has 0 bridgehead atoms. The number of nitrogens with zero attached hydrogens (tertiary/aromatic N) is 2. The monoisotopic (exact) mass is 556 g/mol. The lowest BCUT2D eigenvalue weighted by Gasteiger charge is -2.33. The molecule has 0 amide bonds. The Morgan fingerprint density at radius 2 is 0.762 bits per heavy atom. The maximum Gasteiger partial charge on any atom is 0.119 e. The van der Waals surface area contributed by atoms with Crippen molar-refractivity contribution in [2.45, 2.75) is 41.5 Å². The molecule has 0 heterocycles. The van der Waals surface area contributed by atoms with Gasteiger partial charge in [-0.05, 0) is 131 Å². The summed E-state index contributed by atoms with van der Waals surface area (Å²) in [7, 11) is 3.44. The fourth-order valence-corrected chi connectivity index (χ4v) is 5.75. The first-order valence-corrected chi connectivity index (χ1v) is 14.3. The molecule has 0 radical (unpaired) electrons. The molecule has 0 spiro atoms. The zero-order valence-electron chi connectivity index (χ0n) is 25.9. The van der Waals surface area contributed by atoms with Gasteiger partial charge in [0.2, 0.25) is 0 Å². The Morgan fingerprint density at radius 3 is 1.12 bits per heavy atom. The minimum atomic E-state index is 0.857. The first-order valence-electron chi connectivity index (χ1n) is 14.3. The summed E-state index contributed by atoms with van der Waals surface area (Å²) in [6.07, 6.45) is 0. The molecule has 5 rings (SSSR count). The molecular weight excluding hydrogens is 516 g/mol. The van der Waals surface area contributed by atoms with Gasteiger partial charge in [-0.2, -0.15) is 0 Å². The molecule has 42 heavy (non-hydrogen) atoms. The zero-order valence-corrected chi connectivity index (χ0v) is 25.9. The van der Waals surface area contributed by atoms with Gasteiger partial charge < -0.3 is 19.3 Å². The Balaban J connectivity index is 1.75. The van der Waals surface area contributed by atoms with Crippen LogP contribution in [0.1, 0.15) is 33.4 Å². The average Bonchev–Trinajstić information content (AvgIpc) is 2.97. The maximum absolute atomic E-state index is 5.62. The summed E-state index contributed by atoms with van der Waals surface area (Å²) in [6.45, 7) is 12.9. The van der Waals surface area contributed by atoms with Crippen LogP contribution in [0, 0.1) is 41.5 Å². The summed E-state index contributed by atoms with van der Waals surface area (Å²) in [4.78, 5) is 4.71. The Morgan fingerprint density at radius 1 is 0.405 bits per heavy atom. The second-order valence-electron chi connectivity index (χ2n) is 11.1. The highest BCUT2D eigenvalue weighted by molar-refractivity contribution is 5.87. The molecule has 0 saturated carbocycles. The molecule has 0 unspecified atom stereocenters. The van der Waals surface area contributed by atoms with Gasteiger partial charge in [-0.25, -0.2) is 0 Å². The van der Waals surface area contributed by atoms with Crippen LogP contribution in [0.4, 0.5) is 34.1 Å². The number of benzene rings is 5. The number of methoxy groups -OCH3 is 2. The Kier molecular flexibility index (Phi) is 8.26. The molecule has 0 saturated heterocycles. The maximum atomic E-state index is 5.62. The average molecular weight is 557 g/mol. The van der Waals surface area contributed by atoms with E-state index in [2.05, 4.69) is 148 Å². The van der Waals surface area contributed by atoms with Gasteiger partial charge in [0.05, 0.1) is 25.6 Å². The van der Waals surface area contributed by atoms with Crippen molar-refractivity contribution in [2.75, 3.05) is 24.0 Å². The van der Waals surface area contributed by atoms with Gasteiger partial charge in [0, 0.05) is 22.7 Å². The van der Waals surface area contributed by atoms with Gasteiger partial charge in [0.15, 0.2) is 0 Å². The van der Waals surface area contributed by atoms with Gasteiger partial charge in [-0.3, -0.25) is 0 Å². The molecule has 0 aliphatic rings. The van der Waals surface area contributed by atoms with Crippen molar-refractivity contribution < 1.29 is 9.47 Å². The highest BCUT2D eigenvalue weighted by atomic mass is 16.5. The molecule has 0 aromatic heterocycles. The smallest absolute Gasteiger partial charge is 0.119 e. The molecule has 0 aliphatic carbocycles. The number of rotatable bonds is 8. The van der Waals surface area contributed by atoms with E-state index in [1.165, 1.54) is 11.1 Å². The van der Waals surface area contributed by atoms with Crippen LogP contribution in [0.3, 0.4) is 0 Å². The molecule has 4 nitrogen and oxygen atoms in total. The van der Waals surface area contributed by atoms with E-state index in [9.17, 15) is 0 Å². The standard InChI is InChI=1S/C38H40N2O2/c1-25-12-16-31(17-13-25)39(32-18-14-26(2)15-19-32)33-10-9-11-34(24-33)40(37-27(3)20-35(41-7)21-28(37)4)38-29(5)22-36(42-8)23-30(38)6/h9-24H,1-8H3. The van der Waals surface area contributed by atoms with Crippen LogP contribution in [0.2, 0.25) is 0 Å². The molecular formula is C38H40N2O2. The van der Waals surface area contributed by atoms with Crippen molar-refractivity contribution in [1.82, 2.24) is 0 Å².